The van der Waals surface area contributed by atoms with Gasteiger partial charge in [0.25, 0.3) is 5.91 Å². The molecule has 0 aromatic carbocycles. The van der Waals surface area contributed by atoms with Crippen LogP contribution >= 0.6 is 11.3 Å². The lowest BCUT2D eigenvalue weighted by atomic mass is 10.2. The van der Waals surface area contributed by atoms with E-state index in [-0.39, 0.29) is 12.0 Å². The lowest BCUT2D eigenvalue weighted by Crippen LogP contribution is -2.41. The molecule has 17 heavy (non-hydrogen) atoms. The molecule has 1 atom stereocenters. The number of amides is 1. The van der Waals surface area contributed by atoms with Crippen molar-refractivity contribution in [1.29, 1.82) is 0 Å². The standard InChI is InChI=1S/C12H18N2O2S/c1-14-6-7-16-10(9-14)4-5-13-12(15)11-3-2-8-17-11/h2-3,8,10H,4-7,9H2,1H3,(H,13,15). The molecule has 2 rings (SSSR count). The maximum absolute atomic E-state index is 11.7. The lowest BCUT2D eigenvalue weighted by Gasteiger charge is -2.30. The molecule has 5 heteroatoms. The Hall–Kier alpha value is -0.910. The second kappa shape index (κ2) is 6.14. The number of carbonyl (C=O) groups is 1. The number of thiophene rings is 1. The number of ether oxygens (including phenoxy) is 1. The average Bonchev–Trinajstić information content (AvgIpc) is 2.82. The van der Waals surface area contributed by atoms with Gasteiger partial charge in [-0.05, 0) is 24.9 Å². The third kappa shape index (κ3) is 3.80. The van der Waals surface area contributed by atoms with E-state index in [1.807, 2.05) is 17.5 Å². The second-order valence-corrected chi connectivity index (χ2v) is 5.22. The van der Waals surface area contributed by atoms with Crippen molar-refractivity contribution in [2.45, 2.75) is 12.5 Å². The first-order valence-corrected chi connectivity index (χ1v) is 6.75. The second-order valence-electron chi connectivity index (χ2n) is 4.28. The number of nitrogens with one attached hydrogen (secondary N) is 1. The van der Waals surface area contributed by atoms with Gasteiger partial charge in [0.1, 0.15) is 0 Å². The minimum Gasteiger partial charge on any atom is -0.375 e. The van der Waals surface area contributed by atoms with Gasteiger partial charge in [0.2, 0.25) is 0 Å². The Kier molecular flexibility index (Phi) is 4.53. The third-order valence-corrected chi connectivity index (χ3v) is 3.71. The van der Waals surface area contributed by atoms with E-state index in [1.54, 1.807) is 0 Å². The quantitative estimate of drug-likeness (QED) is 0.878. The molecule has 4 nitrogen and oxygen atoms in total. The molecule has 1 aliphatic heterocycles. The lowest BCUT2D eigenvalue weighted by molar-refractivity contribution is -0.0225. The Morgan fingerprint density at radius 3 is 3.29 bits per heavy atom. The van der Waals surface area contributed by atoms with Crippen LogP contribution in [0.15, 0.2) is 17.5 Å². The van der Waals surface area contributed by atoms with Crippen LogP contribution in [0.3, 0.4) is 0 Å². The normalized spacial score (nSPS) is 21.4. The molecule has 0 aliphatic carbocycles. The van der Waals surface area contributed by atoms with Crippen LogP contribution in [0.4, 0.5) is 0 Å². The van der Waals surface area contributed by atoms with E-state index in [0.29, 0.717) is 6.54 Å². The van der Waals surface area contributed by atoms with Crippen molar-refractivity contribution in [2.24, 2.45) is 0 Å². The summed E-state index contributed by atoms with van der Waals surface area (Å²) in [5, 5.41) is 4.83. The molecule has 0 saturated carbocycles. The summed E-state index contributed by atoms with van der Waals surface area (Å²) < 4.78 is 5.63. The van der Waals surface area contributed by atoms with Crippen LogP contribution < -0.4 is 5.32 Å². The molecule has 1 fully saturated rings. The topological polar surface area (TPSA) is 41.6 Å². The summed E-state index contributed by atoms with van der Waals surface area (Å²) in [6.45, 7) is 3.42. The SMILES string of the molecule is CN1CCOC(CCNC(=O)c2cccs2)C1. The molecule has 1 aliphatic rings. The molecule has 1 N–H and O–H groups in total. The van der Waals surface area contributed by atoms with E-state index >= 15 is 0 Å². The fourth-order valence-corrected chi connectivity index (χ4v) is 2.52. The van der Waals surface area contributed by atoms with Crippen LogP contribution in [0.2, 0.25) is 0 Å². The van der Waals surface area contributed by atoms with Crippen molar-refractivity contribution < 1.29 is 9.53 Å². The molecule has 1 aromatic rings. The maximum Gasteiger partial charge on any atom is 0.261 e. The minimum absolute atomic E-state index is 0.0177. The number of carbonyl (C=O) groups excluding carboxylic acids is 1. The number of morpholine rings is 1. The highest BCUT2D eigenvalue weighted by Crippen LogP contribution is 2.09. The number of likely N-dealkylation sites (N-methyl/N-ethyl adjacent to an activating group) is 1. The van der Waals surface area contributed by atoms with E-state index in [9.17, 15) is 4.79 Å². The van der Waals surface area contributed by atoms with E-state index in [4.69, 9.17) is 4.74 Å². The number of hydrogen-bond donors (Lipinski definition) is 1. The van der Waals surface area contributed by atoms with Gasteiger partial charge in [-0.25, -0.2) is 0 Å². The van der Waals surface area contributed by atoms with Crippen molar-refractivity contribution >= 4 is 17.2 Å². The molecule has 0 radical (unpaired) electrons. The molecule has 1 amide bonds. The van der Waals surface area contributed by atoms with E-state index in [2.05, 4.69) is 17.3 Å². The van der Waals surface area contributed by atoms with Crippen LogP contribution in [0.25, 0.3) is 0 Å². The molecule has 1 saturated heterocycles. The zero-order valence-corrected chi connectivity index (χ0v) is 10.8. The Bertz CT molecular complexity index is 353. The zero-order chi connectivity index (χ0) is 12.1. The Morgan fingerprint density at radius 2 is 2.59 bits per heavy atom. The first-order chi connectivity index (χ1) is 8.25. The Morgan fingerprint density at radius 1 is 1.71 bits per heavy atom. The van der Waals surface area contributed by atoms with E-state index < -0.39 is 0 Å². The fourth-order valence-electron chi connectivity index (χ4n) is 1.88. The Balaban J connectivity index is 1.67. The fraction of sp³-hybridized carbons (Fsp3) is 0.583. The summed E-state index contributed by atoms with van der Waals surface area (Å²) in [4.78, 5) is 14.7. The van der Waals surface area contributed by atoms with Gasteiger partial charge in [0.05, 0.1) is 17.6 Å². The highest BCUT2D eigenvalue weighted by atomic mass is 32.1. The molecule has 2 heterocycles. The van der Waals surface area contributed by atoms with Gasteiger partial charge in [-0.2, -0.15) is 0 Å². The third-order valence-electron chi connectivity index (χ3n) is 2.84. The monoisotopic (exact) mass is 254 g/mol. The molecular formula is C12H18N2O2S. The predicted molar refractivity (Wildman–Crippen MR) is 68.5 cm³/mol. The molecule has 1 unspecified atom stereocenters. The highest BCUT2D eigenvalue weighted by molar-refractivity contribution is 7.12. The summed E-state index contributed by atoms with van der Waals surface area (Å²) in [5.41, 5.74) is 0. The van der Waals surface area contributed by atoms with Gasteiger partial charge in [0, 0.05) is 19.6 Å². The molecule has 0 spiro atoms. The van der Waals surface area contributed by atoms with Gasteiger partial charge in [0.15, 0.2) is 0 Å². The maximum atomic E-state index is 11.7. The van der Waals surface area contributed by atoms with Crippen LogP contribution in [-0.4, -0.2) is 50.2 Å². The minimum atomic E-state index is 0.0177. The summed E-state index contributed by atoms with van der Waals surface area (Å²) >= 11 is 1.47. The van der Waals surface area contributed by atoms with E-state index in [1.165, 1.54) is 11.3 Å². The van der Waals surface area contributed by atoms with Gasteiger partial charge in [-0.3, -0.25) is 4.79 Å². The smallest absolute Gasteiger partial charge is 0.261 e. The molecule has 94 valence electrons. The zero-order valence-electron chi connectivity index (χ0n) is 10.0. The van der Waals surface area contributed by atoms with Crippen LogP contribution in [-0.2, 0) is 4.74 Å². The van der Waals surface area contributed by atoms with Crippen molar-refractivity contribution in [3.63, 3.8) is 0 Å². The summed E-state index contributed by atoms with van der Waals surface area (Å²) in [5.74, 6) is 0.0177. The van der Waals surface area contributed by atoms with Crippen molar-refractivity contribution in [1.82, 2.24) is 10.2 Å². The van der Waals surface area contributed by atoms with Gasteiger partial charge < -0.3 is 15.0 Å². The highest BCUT2D eigenvalue weighted by Gasteiger charge is 2.17. The number of nitrogens with zero attached hydrogens (tertiary/aromatic N) is 1. The van der Waals surface area contributed by atoms with Crippen LogP contribution in [0.5, 0.6) is 0 Å². The van der Waals surface area contributed by atoms with Crippen molar-refractivity contribution in [3.05, 3.63) is 22.4 Å². The van der Waals surface area contributed by atoms with Crippen molar-refractivity contribution in [2.75, 3.05) is 33.3 Å². The molecular weight excluding hydrogens is 236 g/mol. The average molecular weight is 254 g/mol. The van der Waals surface area contributed by atoms with Crippen molar-refractivity contribution in [3.8, 4) is 0 Å². The van der Waals surface area contributed by atoms with Gasteiger partial charge in [-0.15, -0.1) is 11.3 Å². The first-order valence-electron chi connectivity index (χ1n) is 5.87. The summed E-state index contributed by atoms with van der Waals surface area (Å²) in [7, 11) is 2.10. The summed E-state index contributed by atoms with van der Waals surface area (Å²) in [6.07, 6.45) is 1.12. The molecule has 1 aromatic heterocycles. The number of rotatable bonds is 4. The van der Waals surface area contributed by atoms with E-state index in [0.717, 1.165) is 31.0 Å². The van der Waals surface area contributed by atoms with Gasteiger partial charge >= 0.3 is 0 Å². The molecule has 0 bridgehead atoms. The first kappa shape index (κ1) is 12.5. The predicted octanol–water partition coefficient (Wildman–Crippen LogP) is 1.20. The number of hydrogen-bond acceptors (Lipinski definition) is 4. The summed E-state index contributed by atoms with van der Waals surface area (Å²) in [6, 6.07) is 3.73. The van der Waals surface area contributed by atoms with Gasteiger partial charge in [-0.1, -0.05) is 6.07 Å². The Labute approximate surface area is 106 Å². The van der Waals surface area contributed by atoms with Crippen LogP contribution in [0, 0.1) is 0 Å². The van der Waals surface area contributed by atoms with Crippen LogP contribution in [0.1, 0.15) is 16.1 Å². The largest absolute Gasteiger partial charge is 0.375 e.